The monoisotopic (exact) mass is 1470 g/mol. The third-order valence-corrected chi connectivity index (χ3v) is 28.8. The summed E-state index contributed by atoms with van der Waals surface area (Å²) in [6, 6.07) is 48.0. The van der Waals surface area contributed by atoms with E-state index in [9.17, 15) is 44.4 Å². The number of Topliss-reactive ketones (excluding diaryl/α,β-unsaturated/α-hetero) is 1. The fourth-order valence-electron chi connectivity index (χ4n) is 11.2. The summed E-state index contributed by atoms with van der Waals surface area (Å²) in [7, 11) is -3.19. The van der Waals surface area contributed by atoms with E-state index in [1.54, 1.807) is 12.4 Å². The van der Waals surface area contributed by atoms with Crippen LogP contribution in [-0.4, -0.2) is 117 Å². The summed E-state index contributed by atoms with van der Waals surface area (Å²) < 4.78 is 6.37. The molecule has 0 radical (unpaired) electrons. The molecule has 0 unspecified atom stereocenters. The molecule has 3 aromatic heterocycles. The summed E-state index contributed by atoms with van der Waals surface area (Å²) in [5.41, 5.74) is 19.4. The van der Waals surface area contributed by atoms with Crippen molar-refractivity contribution in [2.24, 2.45) is 5.73 Å². The molecule has 19 heteroatoms. The minimum Gasteiger partial charge on any atom is -0.481 e. The zero-order chi connectivity index (χ0) is 76.6. The van der Waals surface area contributed by atoms with Crippen molar-refractivity contribution >= 4 is 89.0 Å². The number of hydroxylamine groups is 2. The van der Waals surface area contributed by atoms with Gasteiger partial charge in [0.1, 0.15) is 5.78 Å². The van der Waals surface area contributed by atoms with E-state index in [-0.39, 0.29) is 54.8 Å². The number of pyridine rings is 3. The lowest BCUT2D eigenvalue weighted by Gasteiger charge is -2.36. The van der Waals surface area contributed by atoms with Gasteiger partial charge in [0.25, 0.3) is 11.8 Å². The van der Waals surface area contributed by atoms with Crippen LogP contribution in [0.4, 0.5) is 0 Å². The number of nitrogens with zero attached hydrogens (tertiary/aromatic N) is 4. The summed E-state index contributed by atoms with van der Waals surface area (Å²) >= 11 is 6.15. The molecule has 6 aromatic carbocycles. The highest BCUT2D eigenvalue weighted by atomic mass is 35.6. The molecule has 9 aromatic rings. The number of unbranched alkanes of at least 4 members (excludes halogenated alkanes) is 6. The predicted molar refractivity (Wildman–Crippen MR) is 429 cm³/mol. The van der Waals surface area contributed by atoms with Crippen LogP contribution in [0.1, 0.15) is 159 Å². The summed E-state index contributed by atoms with van der Waals surface area (Å²) in [5, 5.41) is 49.3. The predicted octanol–water partition coefficient (Wildman–Crippen LogP) is 19.0. The standard InChI is InChI=1S/C26H31NO2.C25H31NO3Si.C19H17NO3.C6H15ClSi.C5H13N.C4H5NO3/c1-2-3-4-5-9-14-23(29)18-22-19-27-26-21(16-17-28)13-10-15-24(26)25(22)20-11-7-6-8-12-20;1-25(2,3)30(4,5)29-15-14-19-12-9-13-21-23(18-10-7-6-8-11-18)20(16-22(27)28)17-26-24(19)21;21-10-9-14-7-4-8-16-18(13-5-2-1-3-6-13)15(11-17(22)23)12-20-19(14)16;1-6(2,3)8(4,5)7;1-2-3-4-5-6;6-3-1-2-4(7)5(3)8/h6-8,10-13,15,19,28H,2-5,9,14,16-18H2,1H3;6-13,17H,14-16H2,1-5H3,(H,27,28);1-8,12,21H,9-11H2,(H,22,23);1-5H3;2-6H2,1H3;8H,1-2H2. The molecule has 104 heavy (non-hydrogen) atoms. The van der Waals surface area contributed by atoms with Crippen LogP contribution in [0, 0.1) is 0 Å². The molecule has 2 amide bonds. The number of aliphatic hydroxyl groups is 2. The number of carboxylic acid groups (broad SMARTS) is 2. The molecule has 7 N–H and O–H groups in total. The Labute approximate surface area is 623 Å². The average molecular weight is 1470 g/mol. The smallest absolute Gasteiger partial charge is 0.307 e. The number of halogens is 1. The molecular weight excluding hydrogens is 1360 g/mol. The second-order valence-corrected chi connectivity index (χ2v) is 41.2. The van der Waals surface area contributed by atoms with E-state index in [0.29, 0.717) is 42.9 Å². The maximum atomic E-state index is 12.7. The minimum absolute atomic E-state index is 0.0497. The molecule has 10 rings (SSSR count). The highest BCUT2D eigenvalue weighted by Gasteiger charge is 2.37. The zero-order valence-corrected chi connectivity index (χ0v) is 66.1. The molecule has 1 aliphatic heterocycles. The lowest BCUT2D eigenvalue weighted by Crippen LogP contribution is -2.41. The van der Waals surface area contributed by atoms with Crippen molar-refractivity contribution in [2.45, 2.75) is 201 Å². The third-order valence-electron chi connectivity index (χ3n) is 19.0. The number of para-hydroxylation sites is 3. The first-order valence-electron chi connectivity index (χ1n) is 36.5. The quantitative estimate of drug-likeness (QED) is 0.00968. The summed E-state index contributed by atoms with van der Waals surface area (Å²) in [4.78, 5) is 69.6. The number of amides is 2. The molecular formula is C85H112ClN5O11Si2. The highest BCUT2D eigenvalue weighted by molar-refractivity contribution is 7.20. The lowest BCUT2D eigenvalue weighted by molar-refractivity contribution is -0.171. The van der Waals surface area contributed by atoms with Crippen molar-refractivity contribution in [3.05, 3.63) is 198 Å². The number of ketones is 1. The first-order chi connectivity index (χ1) is 49.4. The number of aliphatic hydroxyl groups excluding tert-OH is 2. The molecule has 1 aliphatic rings. The highest BCUT2D eigenvalue weighted by Crippen LogP contribution is 2.40. The Kier molecular flexibility index (Phi) is 35.5. The number of aromatic nitrogens is 3. The number of benzene rings is 6. The first kappa shape index (κ1) is 86.5. The van der Waals surface area contributed by atoms with Gasteiger partial charge in [-0.3, -0.25) is 44.1 Å². The Bertz CT molecular complexity index is 4170. The molecule has 4 heterocycles. The van der Waals surface area contributed by atoms with E-state index in [0.717, 1.165) is 120 Å². The molecule has 0 atom stereocenters. The second-order valence-electron chi connectivity index (χ2n) is 29.2. The van der Waals surface area contributed by atoms with Gasteiger partial charge in [-0.15, -0.1) is 0 Å². The van der Waals surface area contributed by atoms with Crippen LogP contribution in [0.3, 0.4) is 0 Å². The van der Waals surface area contributed by atoms with Gasteiger partial charge in [-0.1, -0.05) is 253 Å². The summed E-state index contributed by atoms with van der Waals surface area (Å²) in [6.07, 6.45) is 17.9. The Morgan fingerprint density at radius 2 is 0.837 bits per heavy atom. The van der Waals surface area contributed by atoms with Crippen molar-refractivity contribution in [3.63, 3.8) is 0 Å². The van der Waals surface area contributed by atoms with Crippen LogP contribution in [0.5, 0.6) is 0 Å². The van der Waals surface area contributed by atoms with E-state index in [1.807, 2.05) is 128 Å². The maximum Gasteiger partial charge on any atom is 0.307 e. The van der Waals surface area contributed by atoms with Gasteiger partial charge in [-0.05, 0) is 129 Å². The van der Waals surface area contributed by atoms with Gasteiger partial charge in [0.2, 0.25) is 0 Å². The van der Waals surface area contributed by atoms with Crippen molar-refractivity contribution in [1.29, 1.82) is 0 Å². The number of nitrogens with two attached hydrogens (primary N) is 1. The van der Waals surface area contributed by atoms with Gasteiger partial charge in [0.05, 0.1) is 29.4 Å². The lowest BCUT2D eigenvalue weighted by atomic mass is 9.91. The number of imide groups is 1. The number of carboxylic acids is 2. The summed E-state index contributed by atoms with van der Waals surface area (Å²) in [5.74, 6) is -2.46. The third kappa shape index (κ3) is 26.5. The Hall–Kier alpha value is -8.18. The number of hydrogen-bond donors (Lipinski definition) is 6. The molecule has 1 saturated heterocycles. The largest absolute Gasteiger partial charge is 0.481 e. The Morgan fingerprint density at radius 1 is 0.490 bits per heavy atom. The van der Waals surface area contributed by atoms with Gasteiger partial charge in [0.15, 0.2) is 15.7 Å². The van der Waals surface area contributed by atoms with Crippen LogP contribution in [0.2, 0.25) is 36.3 Å². The van der Waals surface area contributed by atoms with Crippen molar-refractivity contribution in [2.75, 3.05) is 26.4 Å². The fraction of sp³-hybridized carbons (Fsp3) is 0.412. The SMILES string of the molecule is CC(C)(C)[Si](C)(C)Cl.CC(C)(C)[Si](C)(C)OCCc1cccc2c(-c3ccccc3)c(CC(=O)O)cnc12.CCCCCCCC(=O)Cc1cnc2c(CCO)cccc2c1-c1ccccc1.CCCCCN.O=C(O)Cc1cnc2c(CCO)cccc2c1-c1ccccc1.O=C1CCC(=O)N1O. The molecule has 16 nitrogen and oxygen atoms in total. The topological polar surface area (TPSA) is 264 Å². The number of aliphatic carboxylic acids is 2. The van der Waals surface area contributed by atoms with Crippen molar-refractivity contribution in [1.82, 2.24) is 20.0 Å². The van der Waals surface area contributed by atoms with E-state index in [1.165, 1.54) is 38.5 Å². The Balaban J connectivity index is 0.000000245. The molecule has 0 bridgehead atoms. The molecule has 0 aliphatic carbocycles. The first-order valence-corrected chi connectivity index (χ1v) is 43.4. The number of fused-ring (bicyclic) bond motifs is 3. The molecule has 1 fully saturated rings. The van der Waals surface area contributed by atoms with E-state index in [2.05, 4.69) is 116 Å². The molecule has 558 valence electrons. The fourth-order valence-corrected chi connectivity index (χ4v) is 12.3. The van der Waals surface area contributed by atoms with Crippen molar-refractivity contribution < 1.29 is 54.0 Å². The molecule has 0 spiro atoms. The minimum atomic E-state index is -1.80. The maximum absolute atomic E-state index is 12.7. The van der Waals surface area contributed by atoms with Gasteiger partial charge in [0, 0.05) is 80.3 Å². The summed E-state index contributed by atoms with van der Waals surface area (Å²) in [6.45, 7) is 28.3. The van der Waals surface area contributed by atoms with Crippen LogP contribution >= 0.6 is 11.1 Å². The van der Waals surface area contributed by atoms with E-state index < -0.39 is 39.5 Å². The van der Waals surface area contributed by atoms with Crippen LogP contribution in [0.25, 0.3) is 66.1 Å². The van der Waals surface area contributed by atoms with Crippen LogP contribution < -0.4 is 5.73 Å². The average Bonchev–Trinajstić information content (AvgIpc) is 0.792. The van der Waals surface area contributed by atoms with Gasteiger partial charge < -0.3 is 30.6 Å². The number of hydrogen-bond acceptors (Lipinski definition) is 13. The second kappa shape index (κ2) is 42.7. The number of rotatable bonds is 26. The van der Waals surface area contributed by atoms with Gasteiger partial charge in [-0.2, -0.15) is 16.1 Å². The normalized spacial score (nSPS) is 12.2. The van der Waals surface area contributed by atoms with Gasteiger partial charge in [-0.25, -0.2) is 0 Å². The van der Waals surface area contributed by atoms with Crippen LogP contribution in [0.15, 0.2) is 164 Å². The number of carbonyl (C=O) groups is 5. The molecule has 0 saturated carbocycles. The van der Waals surface area contributed by atoms with Crippen molar-refractivity contribution in [3.8, 4) is 33.4 Å². The zero-order valence-electron chi connectivity index (χ0n) is 63.4. The number of carbonyl (C=O) groups excluding carboxylic acids is 3. The van der Waals surface area contributed by atoms with Gasteiger partial charge >= 0.3 is 11.9 Å². The Morgan fingerprint density at radius 3 is 1.13 bits per heavy atom. The van der Waals surface area contributed by atoms with Crippen LogP contribution in [-0.2, 0) is 66.9 Å². The van der Waals surface area contributed by atoms with E-state index >= 15 is 0 Å². The van der Waals surface area contributed by atoms with E-state index in [4.69, 9.17) is 31.4 Å².